The van der Waals surface area contributed by atoms with Crippen molar-refractivity contribution in [2.75, 3.05) is 7.11 Å². The molecule has 0 spiro atoms. The molecule has 1 aromatic carbocycles. The summed E-state index contributed by atoms with van der Waals surface area (Å²) in [5.74, 6) is -1.04. The SMILES string of the molecule is COc1ccc(-c2sc3cc(O)ccc3c2OC2(C)C=CC(/C=C/C(=O)O)=CC2)c(C(F)(F)F)n1. The molecular weight excluding hydrogens is 483 g/mol. The third-order valence-corrected chi connectivity index (χ3v) is 6.51. The van der Waals surface area contributed by atoms with E-state index in [0.29, 0.717) is 22.1 Å². The van der Waals surface area contributed by atoms with Gasteiger partial charge in [0.05, 0.1) is 12.0 Å². The second-order valence-electron chi connectivity index (χ2n) is 8.02. The molecule has 0 fully saturated rings. The van der Waals surface area contributed by atoms with E-state index in [9.17, 15) is 23.1 Å². The standard InChI is InChI=1S/C25H20F3NO5S/c1-24(11-9-14(10-12-24)3-8-20(31)32)34-21-16-5-4-15(30)13-18(16)35-22(21)17-6-7-19(33-2)29-23(17)25(26,27)28/h3-11,13,30H,12H2,1-2H3,(H,31,32)/b8-3+. The van der Waals surface area contributed by atoms with Gasteiger partial charge in [0.1, 0.15) is 17.1 Å². The fourth-order valence-electron chi connectivity index (χ4n) is 3.62. The van der Waals surface area contributed by atoms with E-state index in [1.807, 2.05) is 0 Å². The van der Waals surface area contributed by atoms with Gasteiger partial charge in [-0.2, -0.15) is 13.2 Å². The Kier molecular flexibility index (Phi) is 6.33. The van der Waals surface area contributed by atoms with Crippen LogP contribution >= 0.6 is 11.3 Å². The molecule has 0 saturated carbocycles. The van der Waals surface area contributed by atoms with E-state index in [1.165, 1.54) is 37.5 Å². The number of rotatable bonds is 6. The zero-order valence-corrected chi connectivity index (χ0v) is 19.4. The molecule has 2 heterocycles. The van der Waals surface area contributed by atoms with Gasteiger partial charge in [0.25, 0.3) is 0 Å². The van der Waals surface area contributed by atoms with E-state index in [1.54, 1.807) is 31.2 Å². The van der Waals surface area contributed by atoms with Crippen molar-refractivity contribution >= 4 is 27.4 Å². The molecule has 6 nitrogen and oxygen atoms in total. The molecule has 1 unspecified atom stereocenters. The zero-order chi connectivity index (χ0) is 25.4. The van der Waals surface area contributed by atoms with Crippen LogP contribution in [0.15, 0.2) is 66.3 Å². The molecule has 3 aromatic rings. The first kappa shape index (κ1) is 24.3. The number of aromatic hydroxyl groups is 1. The third kappa shape index (κ3) is 5.17. The number of phenols is 1. The van der Waals surface area contributed by atoms with Crippen LogP contribution < -0.4 is 9.47 Å². The number of fused-ring (bicyclic) bond motifs is 1. The number of carbonyl (C=O) groups is 1. The van der Waals surface area contributed by atoms with Crippen LogP contribution in [0.25, 0.3) is 20.5 Å². The lowest BCUT2D eigenvalue weighted by Gasteiger charge is -2.29. The molecule has 2 N–H and O–H groups in total. The summed E-state index contributed by atoms with van der Waals surface area (Å²) in [5.41, 5.74) is -1.52. The highest BCUT2D eigenvalue weighted by Crippen LogP contribution is 2.50. The van der Waals surface area contributed by atoms with E-state index in [2.05, 4.69) is 4.98 Å². The highest BCUT2D eigenvalue weighted by molar-refractivity contribution is 7.22. The van der Waals surface area contributed by atoms with Crippen molar-refractivity contribution in [3.05, 3.63) is 72.0 Å². The van der Waals surface area contributed by atoms with Crippen molar-refractivity contribution in [1.82, 2.24) is 4.98 Å². The lowest BCUT2D eigenvalue weighted by atomic mass is 9.93. The van der Waals surface area contributed by atoms with Crippen LogP contribution in [-0.4, -0.2) is 33.9 Å². The summed E-state index contributed by atoms with van der Waals surface area (Å²) in [5, 5.41) is 19.3. The summed E-state index contributed by atoms with van der Waals surface area (Å²) in [6, 6.07) is 7.14. The highest BCUT2D eigenvalue weighted by Gasteiger charge is 2.38. The molecule has 182 valence electrons. The minimum atomic E-state index is -4.75. The first-order valence-corrected chi connectivity index (χ1v) is 11.2. The Morgan fingerprint density at radius 3 is 2.66 bits per heavy atom. The largest absolute Gasteiger partial charge is 0.508 e. The van der Waals surface area contributed by atoms with Gasteiger partial charge in [0.15, 0.2) is 5.69 Å². The molecule has 0 aliphatic heterocycles. The average molecular weight is 503 g/mol. The number of hydrogen-bond donors (Lipinski definition) is 2. The number of ether oxygens (including phenoxy) is 2. The molecule has 35 heavy (non-hydrogen) atoms. The van der Waals surface area contributed by atoms with Crippen LogP contribution in [-0.2, 0) is 11.0 Å². The number of benzene rings is 1. The molecule has 1 aliphatic rings. The van der Waals surface area contributed by atoms with Gasteiger partial charge in [-0.1, -0.05) is 12.2 Å². The molecule has 0 radical (unpaired) electrons. The number of aliphatic carboxylic acids is 1. The Hall–Kier alpha value is -3.79. The number of methoxy groups -OCH3 is 1. The van der Waals surface area contributed by atoms with E-state index in [0.717, 1.165) is 17.4 Å². The number of hydrogen-bond acceptors (Lipinski definition) is 6. The van der Waals surface area contributed by atoms with Crippen molar-refractivity contribution in [2.24, 2.45) is 0 Å². The maximum atomic E-state index is 13.9. The lowest BCUT2D eigenvalue weighted by Crippen LogP contribution is -2.30. The number of nitrogens with zero attached hydrogens (tertiary/aromatic N) is 1. The van der Waals surface area contributed by atoms with E-state index in [4.69, 9.17) is 14.6 Å². The zero-order valence-electron chi connectivity index (χ0n) is 18.6. The molecule has 0 bridgehead atoms. The quantitative estimate of drug-likeness (QED) is 0.381. The van der Waals surface area contributed by atoms with Crippen LogP contribution in [0, 0.1) is 0 Å². The Bertz CT molecular complexity index is 1390. The highest BCUT2D eigenvalue weighted by atomic mass is 32.1. The number of allylic oxidation sites excluding steroid dienone is 3. The van der Waals surface area contributed by atoms with Crippen molar-refractivity contribution in [3.8, 4) is 27.8 Å². The van der Waals surface area contributed by atoms with Gasteiger partial charge >= 0.3 is 12.1 Å². The van der Waals surface area contributed by atoms with Gasteiger partial charge in [-0.15, -0.1) is 11.3 Å². The predicted molar refractivity (Wildman–Crippen MR) is 126 cm³/mol. The minimum absolute atomic E-state index is 0.0256. The fraction of sp³-hybridized carbons (Fsp3) is 0.200. The van der Waals surface area contributed by atoms with Gasteiger partial charge in [0, 0.05) is 34.2 Å². The van der Waals surface area contributed by atoms with Crippen LogP contribution in [0.1, 0.15) is 19.0 Å². The Balaban J connectivity index is 1.82. The molecule has 1 aliphatic carbocycles. The third-order valence-electron chi connectivity index (χ3n) is 5.35. The van der Waals surface area contributed by atoms with Crippen LogP contribution in [0.5, 0.6) is 17.4 Å². The van der Waals surface area contributed by atoms with E-state index in [-0.39, 0.29) is 27.8 Å². The molecule has 10 heteroatoms. The van der Waals surface area contributed by atoms with E-state index >= 15 is 0 Å². The van der Waals surface area contributed by atoms with Crippen molar-refractivity contribution in [1.29, 1.82) is 0 Å². The molecule has 0 saturated heterocycles. The Morgan fingerprint density at radius 2 is 2.03 bits per heavy atom. The summed E-state index contributed by atoms with van der Waals surface area (Å²) in [6.45, 7) is 1.78. The molecule has 1 atom stereocenters. The Morgan fingerprint density at radius 1 is 1.26 bits per heavy atom. The summed E-state index contributed by atoms with van der Waals surface area (Å²) < 4.78 is 53.6. The molecule has 0 amide bonds. The fourth-order valence-corrected chi connectivity index (χ4v) is 4.81. The average Bonchev–Trinajstić information content (AvgIpc) is 3.14. The van der Waals surface area contributed by atoms with E-state index < -0.39 is 23.4 Å². The number of aromatic nitrogens is 1. The maximum Gasteiger partial charge on any atom is 0.434 e. The predicted octanol–water partition coefficient (Wildman–Crippen LogP) is 6.36. The first-order valence-electron chi connectivity index (χ1n) is 10.4. The van der Waals surface area contributed by atoms with Crippen LogP contribution in [0.3, 0.4) is 0 Å². The number of pyridine rings is 1. The van der Waals surface area contributed by atoms with Crippen molar-refractivity contribution < 1.29 is 37.7 Å². The van der Waals surface area contributed by atoms with Crippen molar-refractivity contribution in [3.63, 3.8) is 0 Å². The maximum absolute atomic E-state index is 13.9. The van der Waals surface area contributed by atoms with Gasteiger partial charge < -0.3 is 19.7 Å². The molecule has 2 aromatic heterocycles. The second kappa shape index (κ2) is 9.10. The second-order valence-corrected chi connectivity index (χ2v) is 9.07. The minimum Gasteiger partial charge on any atom is -0.508 e. The number of carboxylic acid groups (broad SMARTS) is 1. The van der Waals surface area contributed by atoms with Gasteiger partial charge in [-0.3, -0.25) is 0 Å². The van der Waals surface area contributed by atoms with Gasteiger partial charge in [-0.25, -0.2) is 9.78 Å². The number of alkyl halides is 3. The number of thiophene rings is 1. The normalized spacial score (nSPS) is 18.1. The summed E-state index contributed by atoms with van der Waals surface area (Å²) in [6.07, 6.45) is 3.29. The number of halogens is 3. The number of carboxylic acids is 1. The summed E-state index contributed by atoms with van der Waals surface area (Å²) >= 11 is 1.05. The van der Waals surface area contributed by atoms with Gasteiger partial charge in [-0.05, 0) is 48.9 Å². The summed E-state index contributed by atoms with van der Waals surface area (Å²) in [4.78, 5) is 14.6. The number of phenolic OH excluding ortho intramolecular Hbond substituents is 1. The lowest BCUT2D eigenvalue weighted by molar-refractivity contribution is -0.140. The molecular formula is C25H20F3NO5S. The van der Waals surface area contributed by atoms with Crippen molar-refractivity contribution in [2.45, 2.75) is 25.1 Å². The monoisotopic (exact) mass is 503 g/mol. The molecule has 4 rings (SSSR count). The Labute approximate surface area is 202 Å². The first-order chi connectivity index (χ1) is 16.5. The topological polar surface area (TPSA) is 88.9 Å². The smallest absolute Gasteiger partial charge is 0.434 e. The van der Waals surface area contributed by atoms with Crippen LogP contribution in [0.4, 0.5) is 13.2 Å². The van der Waals surface area contributed by atoms with Gasteiger partial charge in [0.2, 0.25) is 5.88 Å². The van der Waals surface area contributed by atoms with Crippen LogP contribution in [0.2, 0.25) is 0 Å². The summed E-state index contributed by atoms with van der Waals surface area (Å²) in [7, 11) is 1.24.